The number of allylic oxidation sites excluding steroid dienone is 4. The first-order valence-electron chi connectivity index (χ1n) is 3.91. The van der Waals surface area contributed by atoms with E-state index in [9.17, 15) is 0 Å². The van der Waals surface area contributed by atoms with E-state index in [0.717, 1.165) is 12.1 Å². The zero-order valence-electron chi connectivity index (χ0n) is 7.75. The van der Waals surface area contributed by atoms with E-state index in [2.05, 4.69) is 23.0 Å². The first kappa shape index (κ1) is 10.8. The molecule has 0 radical (unpaired) electrons. The van der Waals surface area contributed by atoms with Crippen LogP contribution >= 0.6 is 0 Å². The Bertz CT molecular complexity index is 200. The molecule has 0 aromatic rings. The normalized spacial score (nSPS) is 13.0. The van der Waals surface area contributed by atoms with Crippen molar-refractivity contribution in [3.8, 4) is 0 Å². The fourth-order valence-electron chi connectivity index (χ4n) is 0.680. The van der Waals surface area contributed by atoms with Gasteiger partial charge in [0.2, 0.25) is 0 Å². The molecule has 0 rings (SSSR count). The minimum absolute atomic E-state index is 0.856. The Kier molecular flexibility index (Phi) is 7.19. The Hall–Kier alpha value is -1.15. The van der Waals surface area contributed by atoms with Gasteiger partial charge in [-0.2, -0.15) is 0 Å². The third-order valence-electron chi connectivity index (χ3n) is 1.30. The molecule has 0 aromatic heterocycles. The molecule has 2 nitrogen and oxygen atoms in total. The number of rotatable bonds is 5. The van der Waals surface area contributed by atoms with Gasteiger partial charge >= 0.3 is 0 Å². The van der Waals surface area contributed by atoms with Gasteiger partial charge in [-0.1, -0.05) is 24.8 Å². The van der Waals surface area contributed by atoms with Gasteiger partial charge in [0.15, 0.2) is 0 Å². The summed E-state index contributed by atoms with van der Waals surface area (Å²) in [5.74, 6) is 0. The Morgan fingerprint density at radius 1 is 1.58 bits per heavy atom. The van der Waals surface area contributed by atoms with Gasteiger partial charge in [0.05, 0.1) is 0 Å². The highest BCUT2D eigenvalue weighted by atomic mass is 14.8. The second-order valence-corrected chi connectivity index (χ2v) is 2.23. The van der Waals surface area contributed by atoms with Gasteiger partial charge < -0.3 is 5.32 Å². The first-order valence-corrected chi connectivity index (χ1v) is 3.91. The van der Waals surface area contributed by atoms with Crippen molar-refractivity contribution in [2.45, 2.75) is 0 Å². The van der Waals surface area contributed by atoms with E-state index in [-0.39, 0.29) is 0 Å². The summed E-state index contributed by atoms with van der Waals surface area (Å²) in [6.45, 7) is 4.56. The van der Waals surface area contributed by atoms with Crippen LogP contribution < -0.4 is 5.32 Å². The zero-order chi connectivity index (χ0) is 9.23. The minimum Gasteiger partial charge on any atom is -0.316 e. The molecule has 0 fully saturated rings. The Morgan fingerprint density at radius 2 is 2.33 bits per heavy atom. The van der Waals surface area contributed by atoms with Crippen molar-refractivity contribution in [3.63, 3.8) is 0 Å². The molecule has 0 atom stereocenters. The average molecular weight is 164 g/mol. The molecule has 0 aliphatic rings. The summed E-state index contributed by atoms with van der Waals surface area (Å²) in [6.07, 6.45) is 9.49. The minimum atomic E-state index is 0.856. The summed E-state index contributed by atoms with van der Waals surface area (Å²) in [5.41, 5.74) is 1.10. The van der Waals surface area contributed by atoms with E-state index in [1.165, 1.54) is 0 Å². The summed E-state index contributed by atoms with van der Waals surface area (Å²) in [4.78, 5) is 3.83. The molecule has 12 heavy (non-hydrogen) atoms. The van der Waals surface area contributed by atoms with Gasteiger partial charge in [0.25, 0.3) is 0 Å². The maximum atomic E-state index is 3.83. The average Bonchev–Trinajstić information content (AvgIpc) is 2.11. The molecule has 0 heterocycles. The third kappa shape index (κ3) is 5.62. The van der Waals surface area contributed by atoms with Crippen LogP contribution in [0.2, 0.25) is 0 Å². The van der Waals surface area contributed by atoms with Gasteiger partial charge in [-0.25, -0.2) is 0 Å². The molecule has 1 N–H and O–H groups in total. The highest BCUT2D eigenvalue weighted by molar-refractivity contribution is 5.71. The number of nitrogens with one attached hydrogen (secondary N) is 1. The molecule has 0 aliphatic carbocycles. The third-order valence-corrected chi connectivity index (χ3v) is 1.30. The lowest BCUT2D eigenvalue weighted by atomic mass is 10.2. The fourth-order valence-corrected chi connectivity index (χ4v) is 0.680. The summed E-state index contributed by atoms with van der Waals surface area (Å²) < 4.78 is 0. The summed E-state index contributed by atoms with van der Waals surface area (Å²) in [5, 5.41) is 3.03. The molecule has 0 saturated carbocycles. The van der Waals surface area contributed by atoms with Crippen LogP contribution in [0.15, 0.2) is 41.4 Å². The van der Waals surface area contributed by atoms with Crippen LogP contribution in [0.5, 0.6) is 0 Å². The molecule has 0 bridgehead atoms. The van der Waals surface area contributed by atoms with Crippen LogP contribution in [-0.4, -0.2) is 26.9 Å². The van der Waals surface area contributed by atoms with Gasteiger partial charge in [0, 0.05) is 19.8 Å². The van der Waals surface area contributed by atoms with E-state index >= 15 is 0 Å². The predicted octanol–water partition coefficient (Wildman–Crippen LogP) is 1.57. The first-order chi connectivity index (χ1) is 5.85. The second kappa shape index (κ2) is 7.95. The topological polar surface area (TPSA) is 24.4 Å². The second-order valence-electron chi connectivity index (χ2n) is 2.23. The molecule has 2 heteroatoms. The Balaban J connectivity index is 4.06. The van der Waals surface area contributed by atoms with Crippen molar-refractivity contribution in [2.24, 2.45) is 4.99 Å². The van der Waals surface area contributed by atoms with Crippen molar-refractivity contribution < 1.29 is 0 Å². The van der Waals surface area contributed by atoms with Crippen molar-refractivity contribution in [2.75, 3.05) is 20.6 Å². The van der Waals surface area contributed by atoms with E-state index in [4.69, 9.17) is 0 Å². The number of hydrogen-bond donors (Lipinski definition) is 1. The highest BCUT2D eigenvalue weighted by Crippen LogP contribution is 1.95. The lowest BCUT2D eigenvalue weighted by Crippen LogP contribution is -2.04. The highest BCUT2D eigenvalue weighted by Gasteiger charge is 1.81. The summed E-state index contributed by atoms with van der Waals surface area (Å²) in [7, 11) is 3.66. The van der Waals surface area contributed by atoms with Crippen LogP contribution in [0, 0.1) is 0 Å². The number of nitrogens with zero attached hydrogens (tertiary/aromatic N) is 1. The molecule has 0 aromatic carbocycles. The Morgan fingerprint density at radius 3 is 2.83 bits per heavy atom. The fraction of sp³-hybridized carbons (Fsp3) is 0.300. The molecular weight excluding hydrogens is 148 g/mol. The molecule has 0 spiro atoms. The molecule has 0 unspecified atom stereocenters. The van der Waals surface area contributed by atoms with Crippen molar-refractivity contribution in [1.29, 1.82) is 0 Å². The molecule has 0 amide bonds. The summed E-state index contributed by atoms with van der Waals surface area (Å²) >= 11 is 0. The molecular formula is C10H16N2. The van der Waals surface area contributed by atoms with Crippen LogP contribution in [-0.2, 0) is 0 Å². The van der Waals surface area contributed by atoms with E-state index in [0.29, 0.717) is 0 Å². The predicted molar refractivity (Wildman–Crippen MR) is 55.8 cm³/mol. The molecule has 0 saturated heterocycles. The quantitative estimate of drug-likeness (QED) is 0.484. The van der Waals surface area contributed by atoms with E-state index in [1.54, 1.807) is 13.3 Å². The van der Waals surface area contributed by atoms with Gasteiger partial charge in [-0.3, -0.25) is 4.99 Å². The van der Waals surface area contributed by atoms with E-state index < -0.39 is 0 Å². The van der Waals surface area contributed by atoms with Crippen LogP contribution in [0.3, 0.4) is 0 Å². The summed E-state index contributed by atoms with van der Waals surface area (Å²) in [6, 6.07) is 0. The smallest absolute Gasteiger partial charge is 0.0277 e. The maximum absolute atomic E-state index is 3.83. The van der Waals surface area contributed by atoms with Crippen LogP contribution in [0.25, 0.3) is 0 Å². The van der Waals surface area contributed by atoms with Crippen molar-refractivity contribution >= 4 is 6.21 Å². The van der Waals surface area contributed by atoms with Crippen LogP contribution in [0.1, 0.15) is 0 Å². The lowest BCUT2D eigenvalue weighted by Gasteiger charge is -1.92. The number of hydrogen-bond acceptors (Lipinski definition) is 2. The van der Waals surface area contributed by atoms with Gasteiger partial charge in [-0.15, -0.1) is 0 Å². The Labute approximate surface area is 74.4 Å². The van der Waals surface area contributed by atoms with Crippen LogP contribution in [0.4, 0.5) is 0 Å². The number of aliphatic imine (C=N–C) groups is 1. The maximum Gasteiger partial charge on any atom is 0.0277 e. The van der Waals surface area contributed by atoms with Gasteiger partial charge in [-0.05, 0) is 18.7 Å². The number of likely N-dealkylation sites (N-methyl/N-ethyl adjacent to an activating group) is 1. The SMILES string of the molecule is C=CC(/C=C\C=NC)=C\CNC. The molecule has 0 aliphatic heterocycles. The van der Waals surface area contributed by atoms with E-state index in [1.807, 2.05) is 25.3 Å². The monoisotopic (exact) mass is 164 g/mol. The lowest BCUT2D eigenvalue weighted by molar-refractivity contribution is 0.917. The van der Waals surface area contributed by atoms with Crippen molar-refractivity contribution in [1.82, 2.24) is 5.32 Å². The largest absolute Gasteiger partial charge is 0.316 e. The standard InChI is InChI=1S/C10H16N2/c1-4-10(7-9-12-3)6-5-8-11-2/h4-8,12H,1,9H2,2-3H3/b6-5-,10-7+,11-8?. The van der Waals surface area contributed by atoms with Crippen molar-refractivity contribution in [3.05, 3.63) is 36.5 Å². The zero-order valence-corrected chi connectivity index (χ0v) is 7.75. The molecule has 66 valence electrons. The van der Waals surface area contributed by atoms with Gasteiger partial charge in [0.1, 0.15) is 0 Å².